The van der Waals surface area contributed by atoms with Crippen LogP contribution in [-0.2, 0) is 22.7 Å². The lowest BCUT2D eigenvalue weighted by molar-refractivity contribution is -0.139. The van der Waals surface area contributed by atoms with E-state index in [-0.39, 0.29) is 18.0 Å². The van der Waals surface area contributed by atoms with Gasteiger partial charge in [-0.3, -0.25) is 0 Å². The number of alkyl halides is 3. The predicted octanol–water partition coefficient (Wildman–Crippen LogP) is 3.50. The Morgan fingerprint density at radius 3 is 2.38 bits per heavy atom. The fourth-order valence-corrected chi connectivity index (χ4v) is 2.98. The van der Waals surface area contributed by atoms with Crippen molar-refractivity contribution in [3.8, 4) is 5.75 Å². The van der Waals surface area contributed by atoms with E-state index in [2.05, 4.69) is 5.32 Å². The van der Waals surface area contributed by atoms with Crippen LogP contribution in [0.25, 0.3) is 0 Å². The van der Waals surface area contributed by atoms with Crippen LogP contribution < -0.4 is 15.2 Å². The summed E-state index contributed by atoms with van der Waals surface area (Å²) in [5.41, 5.74) is -0.892. The molecule has 26 heavy (non-hydrogen) atoms. The minimum absolute atomic E-state index is 0.0130. The van der Waals surface area contributed by atoms with Gasteiger partial charge in [0.2, 0.25) is 10.0 Å². The summed E-state index contributed by atoms with van der Waals surface area (Å²) in [6.07, 6.45) is -4.90. The summed E-state index contributed by atoms with van der Waals surface area (Å²) in [4.78, 5) is -1.01. The molecule has 3 N–H and O–H groups in total. The average Bonchev–Trinajstić information content (AvgIpc) is 2.53. The molecule has 142 valence electrons. The molecule has 0 unspecified atom stereocenters. The fraction of sp³-hybridized carbons (Fsp3) is 0.250. The van der Waals surface area contributed by atoms with Gasteiger partial charge in [-0.15, -0.1) is 0 Å². The molecule has 0 aliphatic carbocycles. The summed E-state index contributed by atoms with van der Waals surface area (Å²) in [5.74, 6) is -0.514. The van der Waals surface area contributed by atoms with Gasteiger partial charge in [0.15, 0.2) is 11.6 Å². The second-order valence-corrected chi connectivity index (χ2v) is 6.83. The first-order valence-corrected chi connectivity index (χ1v) is 8.96. The van der Waals surface area contributed by atoms with Gasteiger partial charge in [0.25, 0.3) is 0 Å². The summed E-state index contributed by atoms with van der Waals surface area (Å²) < 4.78 is 80.7. The van der Waals surface area contributed by atoms with Crippen LogP contribution in [0.4, 0.5) is 23.2 Å². The number of hydrogen-bond acceptors (Lipinski definition) is 4. The smallest absolute Gasteiger partial charge is 0.417 e. The molecule has 0 bridgehead atoms. The number of halogens is 4. The molecule has 2 rings (SSSR count). The van der Waals surface area contributed by atoms with Crippen LogP contribution in [0.15, 0.2) is 41.3 Å². The third-order valence-corrected chi connectivity index (χ3v) is 4.35. The van der Waals surface area contributed by atoms with Gasteiger partial charge in [-0.05, 0) is 42.8 Å². The lowest BCUT2D eigenvalue weighted by Gasteiger charge is -2.14. The summed E-state index contributed by atoms with van der Waals surface area (Å²) in [5, 5.41) is 7.51. The van der Waals surface area contributed by atoms with Crippen LogP contribution >= 0.6 is 0 Å². The molecule has 0 fully saturated rings. The van der Waals surface area contributed by atoms with Crippen molar-refractivity contribution in [3.63, 3.8) is 0 Å². The Bertz CT molecular complexity index is 899. The number of nitrogens with two attached hydrogens (primary N) is 1. The third-order valence-electron chi connectivity index (χ3n) is 3.38. The lowest BCUT2D eigenvalue weighted by atomic mass is 10.1. The SMILES string of the molecule is CCOc1ccc(CNc2ccc(S(N)(=O)=O)c(C(F)(F)F)c2)cc1F. The Morgan fingerprint density at radius 1 is 1.15 bits per heavy atom. The number of benzene rings is 2. The molecular formula is C16H16F4N2O3S. The maximum Gasteiger partial charge on any atom is 0.417 e. The van der Waals surface area contributed by atoms with Crippen LogP contribution in [0.2, 0.25) is 0 Å². The quantitative estimate of drug-likeness (QED) is 0.738. The van der Waals surface area contributed by atoms with Gasteiger partial charge in [-0.25, -0.2) is 17.9 Å². The molecule has 0 saturated heterocycles. The number of sulfonamides is 1. The van der Waals surface area contributed by atoms with Gasteiger partial charge >= 0.3 is 6.18 Å². The topological polar surface area (TPSA) is 81.4 Å². The molecule has 0 aliphatic rings. The Balaban J connectivity index is 2.24. The van der Waals surface area contributed by atoms with E-state index in [4.69, 9.17) is 9.88 Å². The summed E-state index contributed by atoms with van der Waals surface area (Å²) in [6, 6.07) is 6.75. The number of ether oxygens (including phenoxy) is 1. The minimum Gasteiger partial charge on any atom is -0.491 e. The first kappa shape index (κ1) is 20.0. The van der Waals surface area contributed by atoms with E-state index >= 15 is 0 Å². The van der Waals surface area contributed by atoms with Crippen molar-refractivity contribution in [2.45, 2.75) is 24.5 Å². The molecule has 10 heteroatoms. The largest absolute Gasteiger partial charge is 0.491 e. The first-order chi connectivity index (χ1) is 12.0. The highest BCUT2D eigenvalue weighted by Crippen LogP contribution is 2.35. The first-order valence-electron chi connectivity index (χ1n) is 7.41. The molecule has 0 radical (unpaired) electrons. The second-order valence-electron chi connectivity index (χ2n) is 5.31. The van der Waals surface area contributed by atoms with E-state index in [1.54, 1.807) is 13.0 Å². The zero-order chi connectivity index (χ0) is 19.5. The molecule has 0 amide bonds. The molecule has 0 aliphatic heterocycles. The molecular weight excluding hydrogens is 376 g/mol. The number of nitrogens with one attached hydrogen (secondary N) is 1. The van der Waals surface area contributed by atoms with Crippen molar-refractivity contribution < 1.29 is 30.7 Å². The Hall–Kier alpha value is -2.33. The van der Waals surface area contributed by atoms with Crippen molar-refractivity contribution in [3.05, 3.63) is 53.3 Å². The summed E-state index contributed by atoms with van der Waals surface area (Å²) >= 11 is 0. The number of rotatable bonds is 6. The van der Waals surface area contributed by atoms with Gasteiger partial charge in [0.1, 0.15) is 0 Å². The van der Waals surface area contributed by atoms with Crippen molar-refractivity contribution in [2.75, 3.05) is 11.9 Å². The molecule has 0 spiro atoms. The molecule has 2 aromatic rings. The Labute approximate surface area is 147 Å². The molecule has 0 aromatic heterocycles. The highest BCUT2D eigenvalue weighted by atomic mass is 32.2. The number of anilines is 1. The van der Waals surface area contributed by atoms with Crippen LogP contribution in [0.3, 0.4) is 0 Å². The van der Waals surface area contributed by atoms with E-state index < -0.39 is 32.5 Å². The van der Waals surface area contributed by atoms with Crippen molar-refractivity contribution in [2.24, 2.45) is 5.14 Å². The predicted molar refractivity (Wildman–Crippen MR) is 87.7 cm³/mol. The highest BCUT2D eigenvalue weighted by Gasteiger charge is 2.36. The Morgan fingerprint density at radius 2 is 1.85 bits per heavy atom. The molecule has 0 atom stereocenters. The summed E-state index contributed by atoms with van der Waals surface area (Å²) in [7, 11) is -4.53. The Kier molecular flexibility index (Phi) is 5.77. The van der Waals surface area contributed by atoms with Crippen LogP contribution in [0, 0.1) is 5.82 Å². The highest BCUT2D eigenvalue weighted by molar-refractivity contribution is 7.89. The average molecular weight is 392 g/mol. The fourth-order valence-electron chi connectivity index (χ4n) is 2.24. The normalized spacial score (nSPS) is 12.1. The zero-order valence-electron chi connectivity index (χ0n) is 13.6. The van der Waals surface area contributed by atoms with Crippen LogP contribution in [-0.4, -0.2) is 15.0 Å². The standard InChI is InChI=1S/C16H16F4N2O3S/c1-2-25-14-5-3-10(7-13(14)17)9-22-11-4-6-15(26(21,23)24)12(8-11)16(18,19)20/h3-8,22H,2,9H2,1H3,(H2,21,23,24). The third kappa shape index (κ3) is 4.85. The molecule has 2 aromatic carbocycles. The van der Waals surface area contributed by atoms with Gasteiger partial charge in [-0.2, -0.15) is 13.2 Å². The second kappa shape index (κ2) is 7.50. The monoisotopic (exact) mass is 392 g/mol. The van der Waals surface area contributed by atoms with Gasteiger partial charge in [0.05, 0.1) is 17.1 Å². The van der Waals surface area contributed by atoms with Crippen molar-refractivity contribution in [1.29, 1.82) is 0 Å². The maximum absolute atomic E-state index is 13.8. The van der Waals surface area contributed by atoms with Crippen molar-refractivity contribution >= 4 is 15.7 Å². The van der Waals surface area contributed by atoms with Gasteiger partial charge < -0.3 is 10.1 Å². The van der Waals surface area contributed by atoms with E-state index in [9.17, 15) is 26.0 Å². The molecule has 0 saturated carbocycles. The number of primary sulfonamides is 1. The molecule has 5 nitrogen and oxygen atoms in total. The van der Waals surface area contributed by atoms with Crippen LogP contribution in [0.5, 0.6) is 5.75 Å². The van der Waals surface area contributed by atoms with E-state index in [1.807, 2.05) is 0 Å². The van der Waals surface area contributed by atoms with E-state index in [0.29, 0.717) is 18.2 Å². The zero-order valence-corrected chi connectivity index (χ0v) is 14.4. The van der Waals surface area contributed by atoms with Crippen molar-refractivity contribution in [1.82, 2.24) is 0 Å². The van der Waals surface area contributed by atoms with E-state index in [0.717, 1.165) is 12.1 Å². The van der Waals surface area contributed by atoms with Gasteiger partial charge in [0, 0.05) is 12.2 Å². The summed E-state index contributed by atoms with van der Waals surface area (Å²) in [6.45, 7) is 2.03. The number of hydrogen-bond donors (Lipinski definition) is 2. The van der Waals surface area contributed by atoms with Gasteiger partial charge in [-0.1, -0.05) is 6.07 Å². The maximum atomic E-state index is 13.8. The molecule has 0 heterocycles. The minimum atomic E-state index is -4.90. The van der Waals surface area contributed by atoms with Crippen LogP contribution in [0.1, 0.15) is 18.1 Å². The lowest BCUT2D eigenvalue weighted by Crippen LogP contribution is -2.19. The van der Waals surface area contributed by atoms with E-state index in [1.165, 1.54) is 12.1 Å².